The molecule has 0 atom stereocenters. The van der Waals surface area contributed by atoms with Gasteiger partial charge in [0.1, 0.15) is 10.3 Å². The molecule has 0 unspecified atom stereocenters. The Hall–Kier alpha value is -0.840. The van der Waals surface area contributed by atoms with Crippen LogP contribution in [0.1, 0.15) is 10.4 Å². The van der Waals surface area contributed by atoms with Gasteiger partial charge in [-0.05, 0) is 12.1 Å². The Morgan fingerprint density at radius 1 is 1.50 bits per heavy atom. The fourth-order valence-electron chi connectivity index (χ4n) is 0.862. The summed E-state index contributed by atoms with van der Waals surface area (Å²) in [6.07, 6.45) is 0. The minimum Gasteiger partial charge on any atom is -0.351 e. The van der Waals surface area contributed by atoms with Crippen LogP contribution in [0.2, 0.25) is 10.3 Å². The molecule has 1 amide bonds. The lowest BCUT2D eigenvalue weighted by Crippen LogP contribution is -2.29. The van der Waals surface area contributed by atoms with Crippen LogP contribution in [0, 0.1) is 0 Å². The Kier molecular flexibility index (Phi) is 4.13. The maximum Gasteiger partial charge on any atom is 0.254 e. The number of hydrogen-bond acceptors (Lipinski definition) is 3. The van der Waals surface area contributed by atoms with E-state index >= 15 is 0 Å². The summed E-state index contributed by atoms with van der Waals surface area (Å²) in [6.45, 7) is 0.780. The van der Waals surface area contributed by atoms with Gasteiger partial charge in [-0.2, -0.15) is 0 Å². The summed E-state index contributed by atoms with van der Waals surface area (Å²) in [5, 5.41) is 2.92. The Balaban J connectivity index is 2.80. The highest BCUT2D eigenvalue weighted by Crippen LogP contribution is 2.16. The van der Waals surface area contributed by atoms with Crippen molar-refractivity contribution < 1.29 is 4.79 Å². The van der Waals surface area contributed by atoms with Crippen LogP contribution in [-0.4, -0.2) is 24.0 Å². The van der Waals surface area contributed by atoms with Gasteiger partial charge in [0.15, 0.2) is 0 Å². The second kappa shape index (κ2) is 5.14. The van der Waals surface area contributed by atoms with Crippen molar-refractivity contribution in [3.8, 4) is 0 Å². The fraction of sp³-hybridized carbons (Fsp3) is 0.250. The molecule has 1 aromatic rings. The Bertz CT molecular complexity index is 343. The van der Waals surface area contributed by atoms with Crippen LogP contribution in [0.3, 0.4) is 0 Å². The zero-order valence-corrected chi connectivity index (χ0v) is 8.77. The van der Waals surface area contributed by atoms with Crippen molar-refractivity contribution >= 4 is 29.1 Å². The molecule has 1 aromatic heterocycles. The molecule has 0 aromatic carbocycles. The minimum absolute atomic E-state index is 0.0898. The smallest absolute Gasteiger partial charge is 0.254 e. The molecule has 0 fully saturated rings. The quantitative estimate of drug-likeness (QED) is 0.769. The number of carbonyl (C=O) groups excluding carboxylic acids is 1. The number of nitrogens with zero attached hydrogens (tertiary/aromatic N) is 1. The van der Waals surface area contributed by atoms with Crippen molar-refractivity contribution in [3.63, 3.8) is 0 Å². The van der Waals surface area contributed by atoms with Gasteiger partial charge in [0.05, 0.1) is 5.56 Å². The maximum absolute atomic E-state index is 11.4. The average molecular weight is 234 g/mol. The second-order valence-electron chi connectivity index (χ2n) is 2.52. The Morgan fingerprint density at radius 3 is 2.79 bits per heavy atom. The van der Waals surface area contributed by atoms with Crippen LogP contribution < -0.4 is 11.1 Å². The first-order valence-electron chi connectivity index (χ1n) is 3.95. The van der Waals surface area contributed by atoms with E-state index in [1.165, 1.54) is 12.1 Å². The molecule has 0 bridgehead atoms. The lowest BCUT2D eigenvalue weighted by atomic mass is 10.2. The molecular weight excluding hydrogens is 225 g/mol. The van der Waals surface area contributed by atoms with Gasteiger partial charge in [-0.15, -0.1) is 0 Å². The van der Waals surface area contributed by atoms with Gasteiger partial charge in [0.2, 0.25) is 0 Å². The monoisotopic (exact) mass is 233 g/mol. The molecule has 0 radical (unpaired) electrons. The first-order chi connectivity index (χ1) is 6.65. The molecule has 0 aliphatic heterocycles. The maximum atomic E-state index is 11.4. The third-order valence-corrected chi connectivity index (χ3v) is 1.99. The number of rotatable bonds is 3. The number of amides is 1. The summed E-state index contributed by atoms with van der Waals surface area (Å²) in [6, 6.07) is 3.02. The molecule has 0 aliphatic rings. The molecule has 3 N–H and O–H groups in total. The van der Waals surface area contributed by atoms with Crippen molar-refractivity contribution in [1.82, 2.24) is 10.3 Å². The molecule has 76 valence electrons. The summed E-state index contributed by atoms with van der Waals surface area (Å²) in [5.74, 6) is -0.301. The zero-order valence-electron chi connectivity index (χ0n) is 7.26. The largest absolute Gasteiger partial charge is 0.351 e. The molecule has 0 saturated carbocycles. The van der Waals surface area contributed by atoms with Gasteiger partial charge in [-0.1, -0.05) is 23.2 Å². The molecule has 1 heterocycles. The molecule has 4 nitrogen and oxygen atoms in total. The molecule has 14 heavy (non-hydrogen) atoms. The van der Waals surface area contributed by atoms with E-state index in [0.29, 0.717) is 18.7 Å². The lowest BCUT2D eigenvalue weighted by Gasteiger charge is -2.04. The van der Waals surface area contributed by atoms with Crippen molar-refractivity contribution in [1.29, 1.82) is 0 Å². The molecule has 0 saturated heterocycles. The summed E-state index contributed by atoms with van der Waals surface area (Å²) in [5.41, 5.74) is 5.53. The van der Waals surface area contributed by atoms with Crippen molar-refractivity contribution in [2.75, 3.05) is 13.1 Å². The highest BCUT2D eigenvalue weighted by Gasteiger charge is 2.10. The van der Waals surface area contributed by atoms with Gasteiger partial charge in [-0.25, -0.2) is 4.98 Å². The molecule has 0 aliphatic carbocycles. The molecule has 1 rings (SSSR count). The number of carbonyl (C=O) groups is 1. The first-order valence-corrected chi connectivity index (χ1v) is 4.71. The summed E-state index contributed by atoms with van der Waals surface area (Å²) in [7, 11) is 0. The van der Waals surface area contributed by atoms with Crippen LogP contribution in [-0.2, 0) is 0 Å². The van der Waals surface area contributed by atoms with E-state index in [-0.39, 0.29) is 16.2 Å². The van der Waals surface area contributed by atoms with Crippen LogP contribution in [0.4, 0.5) is 0 Å². The summed E-state index contributed by atoms with van der Waals surface area (Å²) < 4.78 is 0. The molecule has 0 spiro atoms. The summed E-state index contributed by atoms with van der Waals surface area (Å²) in [4.78, 5) is 15.1. The third-order valence-electron chi connectivity index (χ3n) is 1.49. The third kappa shape index (κ3) is 2.83. The summed E-state index contributed by atoms with van der Waals surface area (Å²) >= 11 is 11.3. The topological polar surface area (TPSA) is 68.0 Å². The number of hydrogen-bond donors (Lipinski definition) is 2. The van der Waals surface area contributed by atoms with Crippen molar-refractivity contribution in [2.45, 2.75) is 0 Å². The van der Waals surface area contributed by atoms with E-state index in [0.717, 1.165) is 0 Å². The highest BCUT2D eigenvalue weighted by molar-refractivity contribution is 6.34. The van der Waals surface area contributed by atoms with Crippen LogP contribution in [0.25, 0.3) is 0 Å². The predicted molar refractivity (Wildman–Crippen MR) is 55.6 cm³/mol. The van der Waals surface area contributed by atoms with Crippen molar-refractivity contribution in [2.24, 2.45) is 5.73 Å². The minimum atomic E-state index is -0.301. The number of halogens is 2. The predicted octanol–water partition coefficient (Wildman–Crippen LogP) is 1.08. The second-order valence-corrected chi connectivity index (χ2v) is 3.26. The van der Waals surface area contributed by atoms with E-state index in [1.54, 1.807) is 0 Å². The molecule has 6 heteroatoms. The fourth-order valence-corrected chi connectivity index (χ4v) is 1.29. The standard InChI is InChI=1S/C8H9Cl2N3O/c9-6-2-1-5(7(10)13-6)8(14)12-4-3-11/h1-2H,3-4,11H2,(H,12,14). The number of nitrogens with one attached hydrogen (secondary N) is 1. The van der Waals surface area contributed by atoms with Crippen LogP contribution >= 0.6 is 23.2 Å². The van der Waals surface area contributed by atoms with Gasteiger partial charge in [-0.3, -0.25) is 4.79 Å². The van der Waals surface area contributed by atoms with Crippen molar-refractivity contribution in [3.05, 3.63) is 28.0 Å². The number of aromatic nitrogens is 1. The number of pyridine rings is 1. The molecular formula is C8H9Cl2N3O. The van der Waals surface area contributed by atoms with Gasteiger partial charge in [0.25, 0.3) is 5.91 Å². The van der Waals surface area contributed by atoms with Gasteiger partial charge in [0, 0.05) is 13.1 Å². The first kappa shape index (κ1) is 11.2. The lowest BCUT2D eigenvalue weighted by molar-refractivity contribution is 0.0954. The van der Waals surface area contributed by atoms with Crippen LogP contribution in [0.5, 0.6) is 0 Å². The SMILES string of the molecule is NCCNC(=O)c1ccc(Cl)nc1Cl. The van der Waals surface area contributed by atoms with E-state index in [2.05, 4.69) is 10.3 Å². The van der Waals surface area contributed by atoms with Gasteiger partial charge >= 0.3 is 0 Å². The van der Waals surface area contributed by atoms with E-state index in [4.69, 9.17) is 28.9 Å². The van der Waals surface area contributed by atoms with Gasteiger partial charge < -0.3 is 11.1 Å². The average Bonchev–Trinajstić information content (AvgIpc) is 2.14. The van der Waals surface area contributed by atoms with E-state index < -0.39 is 0 Å². The van der Waals surface area contributed by atoms with E-state index in [9.17, 15) is 4.79 Å². The Labute approximate surface area is 91.4 Å². The zero-order chi connectivity index (χ0) is 10.6. The Morgan fingerprint density at radius 2 is 2.21 bits per heavy atom. The van der Waals surface area contributed by atoms with Crippen LogP contribution in [0.15, 0.2) is 12.1 Å². The normalized spacial score (nSPS) is 9.93. The van der Waals surface area contributed by atoms with E-state index in [1.807, 2.05) is 0 Å². The highest BCUT2D eigenvalue weighted by atomic mass is 35.5. The number of nitrogens with two attached hydrogens (primary N) is 1.